The zero-order valence-corrected chi connectivity index (χ0v) is 13.2. The molecule has 118 valence electrons. The van der Waals surface area contributed by atoms with Gasteiger partial charge in [-0.3, -0.25) is 4.79 Å². The number of carboxylic acid groups (broad SMARTS) is 1. The van der Waals surface area contributed by atoms with E-state index in [0.29, 0.717) is 19.5 Å². The highest BCUT2D eigenvalue weighted by atomic mass is 32.2. The molecular formula is C14H22N2O4S. The Kier molecular flexibility index (Phi) is 6.64. The Hall–Kier alpha value is -1.60. The van der Waals surface area contributed by atoms with Gasteiger partial charge in [0.15, 0.2) is 0 Å². The zero-order valence-electron chi connectivity index (χ0n) is 12.4. The second kappa shape index (κ2) is 7.99. The molecule has 0 heterocycles. The van der Waals surface area contributed by atoms with Crippen molar-refractivity contribution in [2.75, 3.05) is 25.0 Å². The van der Waals surface area contributed by atoms with Crippen LogP contribution in [0.4, 0.5) is 5.69 Å². The van der Waals surface area contributed by atoms with Crippen LogP contribution in [0.5, 0.6) is 0 Å². The normalized spacial score (nSPS) is 11.3. The van der Waals surface area contributed by atoms with Crippen molar-refractivity contribution in [2.24, 2.45) is 0 Å². The molecule has 0 bridgehead atoms. The lowest BCUT2D eigenvalue weighted by Crippen LogP contribution is -2.24. The maximum absolute atomic E-state index is 11.9. The van der Waals surface area contributed by atoms with Gasteiger partial charge >= 0.3 is 5.97 Å². The Morgan fingerprint density at radius 3 is 2.43 bits per heavy atom. The molecule has 1 rings (SSSR count). The van der Waals surface area contributed by atoms with Crippen molar-refractivity contribution in [3.05, 3.63) is 24.3 Å². The molecule has 0 radical (unpaired) electrons. The molecule has 0 aliphatic rings. The van der Waals surface area contributed by atoms with E-state index in [4.69, 9.17) is 5.11 Å². The number of aliphatic carboxylic acids is 1. The smallest absolute Gasteiger partial charge is 0.303 e. The molecule has 0 unspecified atom stereocenters. The number of carbonyl (C=O) groups is 1. The molecule has 0 aromatic heterocycles. The van der Waals surface area contributed by atoms with Crippen LogP contribution in [0.3, 0.4) is 0 Å². The van der Waals surface area contributed by atoms with Crippen molar-refractivity contribution in [2.45, 2.75) is 31.1 Å². The summed E-state index contributed by atoms with van der Waals surface area (Å²) in [5.41, 5.74) is 0.856. The molecule has 0 atom stereocenters. The molecule has 0 aliphatic heterocycles. The van der Waals surface area contributed by atoms with Gasteiger partial charge in [0.2, 0.25) is 10.0 Å². The Morgan fingerprint density at radius 1 is 1.29 bits per heavy atom. The van der Waals surface area contributed by atoms with Crippen molar-refractivity contribution in [3.8, 4) is 0 Å². The van der Waals surface area contributed by atoms with Crippen LogP contribution in [-0.4, -0.2) is 39.6 Å². The Labute approximate surface area is 125 Å². The molecule has 7 heteroatoms. The second-order valence-corrected chi connectivity index (χ2v) is 6.58. The van der Waals surface area contributed by atoms with E-state index in [2.05, 4.69) is 4.72 Å². The van der Waals surface area contributed by atoms with E-state index >= 15 is 0 Å². The molecule has 6 nitrogen and oxygen atoms in total. The van der Waals surface area contributed by atoms with Gasteiger partial charge in [0, 0.05) is 32.2 Å². The first-order valence-electron chi connectivity index (χ1n) is 6.89. The minimum absolute atomic E-state index is 0.123. The van der Waals surface area contributed by atoms with E-state index in [1.54, 1.807) is 24.3 Å². The number of nitrogens with zero attached hydrogens (tertiary/aromatic N) is 1. The number of rotatable bonds is 9. The molecule has 21 heavy (non-hydrogen) atoms. The van der Waals surface area contributed by atoms with E-state index in [0.717, 1.165) is 12.1 Å². The first-order chi connectivity index (χ1) is 9.86. The van der Waals surface area contributed by atoms with Crippen LogP contribution < -0.4 is 9.62 Å². The van der Waals surface area contributed by atoms with Crippen LogP contribution in [-0.2, 0) is 14.8 Å². The highest BCUT2D eigenvalue weighted by Crippen LogP contribution is 2.17. The first-order valence-corrected chi connectivity index (χ1v) is 8.38. The summed E-state index contributed by atoms with van der Waals surface area (Å²) in [7, 11) is -1.59. The van der Waals surface area contributed by atoms with Crippen LogP contribution in [0.25, 0.3) is 0 Å². The number of nitrogens with one attached hydrogen (secondary N) is 1. The second-order valence-electron chi connectivity index (χ2n) is 4.81. The van der Waals surface area contributed by atoms with Crippen LogP contribution in [0.15, 0.2) is 29.2 Å². The predicted molar refractivity (Wildman–Crippen MR) is 82.1 cm³/mol. The van der Waals surface area contributed by atoms with Gasteiger partial charge in [-0.15, -0.1) is 0 Å². The van der Waals surface area contributed by atoms with E-state index in [1.165, 1.54) is 0 Å². The molecule has 1 aromatic carbocycles. The highest BCUT2D eigenvalue weighted by Gasteiger charge is 2.13. The molecule has 0 aliphatic carbocycles. The molecule has 0 saturated heterocycles. The minimum atomic E-state index is -3.44. The van der Waals surface area contributed by atoms with Crippen molar-refractivity contribution in [3.63, 3.8) is 0 Å². The monoisotopic (exact) mass is 314 g/mol. The number of hydrogen-bond acceptors (Lipinski definition) is 4. The fourth-order valence-corrected chi connectivity index (χ4v) is 2.93. The summed E-state index contributed by atoms with van der Waals surface area (Å²) in [6.07, 6.45) is 1.41. The largest absolute Gasteiger partial charge is 0.481 e. The third-order valence-corrected chi connectivity index (χ3v) is 4.49. The summed E-state index contributed by atoms with van der Waals surface area (Å²) in [6.45, 7) is 2.92. The van der Waals surface area contributed by atoms with E-state index in [-0.39, 0.29) is 11.3 Å². The van der Waals surface area contributed by atoms with Crippen LogP contribution in [0.2, 0.25) is 0 Å². The highest BCUT2D eigenvalue weighted by molar-refractivity contribution is 7.89. The maximum atomic E-state index is 11.9. The van der Waals surface area contributed by atoms with Gasteiger partial charge in [0.25, 0.3) is 0 Å². The number of anilines is 1. The maximum Gasteiger partial charge on any atom is 0.303 e. The summed E-state index contributed by atoms with van der Waals surface area (Å²) in [5.74, 6) is -0.813. The van der Waals surface area contributed by atoms with Crippen molar-refractivity contribution in [1.82, 2.24) is 4.72 Å². The Balaban J connectivity index is 2.67. The lowest BCUT2D eigenvalue weighted by molar-refractivity contribution is -0.137. The predicted octanol–water partition coefficient (Wildman–Crippen LogP) is 1.68. The summed E-state index contributed by atoms with van der Waals surface area (Å²) in [6, 6.07) is 6.56. The lowest BCUT2D eigenvalue weighted by atomic mass is 10.2. The fraction of sp³-hybridized carbons (Fsp3) is 0.500. The van der Waals surface area contributed by atoms with Gasteiger partial charge < -0.3 is 10.0 Å². The quantitative estimate of drug-likeness (QED) is 0.724. The van der Waals surface area contributed by atoms with Gasteiger partial charge in [-0.2, -0.15) is 0 Å². The summed E-state index contributed by atoms with van der Waals surface area (Å²) in [5, 5.41) is 8.60. The molecule has 0 spiro atoms. The number of hydrogen-bond donors (Lipinski definition) is 2. The summed E-state index contributed by atoms with van der Waals surface area (Å²) in [4.78, 5) is 12.6. The first kappa shape index (κ1) is 17.5. The Bertz CT molecular complexity index is 555. The number of sulfonamides is 1. The van der Waals surface area contributed by atoms with Crippen molar-refractivity contribution in [1.29, 1.82) is 0 Å². The summed E-state index contributed by atoms with van der Waals surface area (Å²) >= 11 is 0. The van der Waals surface area contributed by atoms with Crippen LogP contribution in [0.1, 0.15) is 26.2 Å². The molecule has 0 amide bonds. The van der Waals surface area contributed by atoms with Crippen molar-refractivity contribution >= 4 is 21.7 Å². The third-order valence-electron chi connectivity index (χ3n) is 3.01. The van der Waals surface area contributed by atoms with Gasteiger partial charge in [0.1, 0.15) is 0 Å². The van der Waals surface area contributed by atoms with Crippen molar-refractivity contribution < 1.29 is 18.3 Å². The topological polar surface area (TPSA) is 86.7 Å². The average molecular weight is 314 g/mol. The summed E-state index contributed by atoms with van der Waals surface area (Å²) < 4.78 is 26.4. The molecule has 0 saturated carbocycles. The van der Waals surface area contributed by atoms with Gasteiger partial charge in [-0.25, -0.2) is 13.1 Å². The molecule has 0 fully saturated rings. The Morgan fingerprint density at radius 2 is 1.90 bits per heavy atom. The fourth-order valence-electron chi connectivity index (χ4n) is 1.80. The van der Waals surface area contributed by atoms with E-state index < -0.39 is 16.0 Å². The number of benzene rings is 1. The average Bonchev–Trinajstić information content (AvgIpc) is 2.45. The lowest BCUT2D eigenvalue weighted by Gasteiger charge is -2.19. The third kappa shape index (κ3) is 5.73. The van der Waals surface area contributed by atoms with Gasteiger partial charge in [-0.05, 0) is 37.1 Å². The van der Waals surface area contributed by atoms with E-state index in [1.807, 2.05) is 18.9 Å². The minimum Gasteiger partial charge on any atom is -0.481 e. The standard InChI is InChI=1S/C14H22N2O4S/c1-3-10-15-21(19,20)13-8-6-12(7-9-13)16(2)11-4-5-14(17)18/h6-9,15H,3-5,10-11H2,1-2H3,(H,17,18). The van der Waals surface area contributed by atoms with Crippen LogP contribution >= 0.6 is 0 Å². The zero-order chi connectivity index (χ0) is 15.9. The molecule has 2 N–H and O–H groups in total. The SMILES string of the molecule is CCCNS(=O)(=O)c1ccc(N(C)CCCC(=O)O)cc1. The number of carboxylic acids is 1. The van der Waals surface area contributed by atoms with Gasteiger partial charge in [0.05, 0.1) is 4.90 Å². The molecule has 1 aromatic rings. The molecular weight excluding hydrogens is 292 g/mol. The van der Waals surface area contributed by atoms with Crippen LogP contribution in [0, 0.1) is 0 Å². The van der Waals surface area contributed by atoms with Gasteiger partial charge in [-0.1, -0.05) is 6.92 Å². The van der Waals surface area contributed by atoms with E-state index in [9.17, 15) is 13.2 Å².